The molecule has 1 aliphatic heterocycles. The van der Waals surface area contributed by atoms with E-state index < -0.39 is 18.1 Å². The van der Waals surface area contributed by atoms with Crippen molar-refractivity contribution in [2.45, 2.75) is 44.9 Å². The second kappa shape index (κ2) is 9.05. The molecule has 1 aliphatic rings. The molecule has 136 valence electrons. The highest BCUT2D eigenvalue weighted by atomic mass is 16.5. The maximum absolute atomic E-state index is 12.3. The highest BCUT2D eigenvalue weighted by Crippen LogP contribution is 2.20. The van der Waals surface area contributed by atoms with E-state index in [-0.39, 0.29) is 25.0 Å². The number of likely N-dealkylation sites (tertiary alicyclic amines) is 1. The van der Waals surface area contributed by atoms with Gasteiger partial charge < -0.3 is 19.7 Å². The molecule has 1 heterocycles. The summed E-state index contributed by atoms with van der Waals surface area (Å²) >= 11 is 0. The van der Waals surface area contributed by atoms with Crippen LogP contribution in [0.15, 0.2) is 30.3 Å². The summed E-state index contributed by atoms with van der Waals surface area (Å²) in [4.78, 5) is 37.3. The second-order valence-corrected chi connectivity index (χ2v) is 5.93. The van der Waals surface area contributed by atoms with Gasteiger partial charge in [0, 0.05) is 19.0 Å². The molecule has 0 aliphatic carbocycles. The minimum absolute atomic E-state index is 0.129. The second-order valence-electron chi connectivity index (χ2n) is 5.93. The molecule has 2 atom stereocenters. The van der Waals surface area contributed by atoms with Crippen LogP contribution in [0.25, 0.3) is 0 Å². The number of alkyl carbamates (subject to hydrolysis) is 1. The summed E-state index contributed by atoms with van der Waals surface area (Å²) in [5.74, 6) is -0.570. The van der Waals surface area contributed by atoms with Gasteiger partial charge in [-0.1, -0.05) is 37.3 Å². The van der Waals surface area contributed by atoms with Crippen LogP contribution >= 0.6 is 0 Å². The molecule has 1 aromatic carbocycles. The first-order valence-electron chi connectivity index (χ1n) is 8.39. The maximum Gasteiger partial charge on any atom is 0.407 e. The molecule has 7 nitrogen and oxygen atoms in total. The Labute approximate surface area is 147 Å². The van der Waals surface area contributed by atoms with Gasteiger partial charge in [-0.3, -0.25) is 4.79 Å². The Balaban J connectivity index is 1.78. The quantitative estimate of drug-likeness (QED) is 0.760. The fourth-order valence-corrected chi connectivity index (χ4v) is 2.62. The van der Waals surface area contributed by atoms with Gasteiger partial charge in [0.25, 0.3) is 0 Å². The van der Waals surface area contributed by atoms with Gasteiger partial charge in [0.15, 0.2) is 0 Å². The molecule has 0 aromatic heterocycles. The first kappa shape index (κ1) is 18.8. The summed E-state index contributed by atoms with van der Waals surface area (Å²) in [6, 6.07) is 8.52. The fourth-order valence-electron chi connectivity index (χ4n) is 2.62. The molecule has 0 saturated carbocycles. The molecule has 2 amide bonds. The average molecular weight is 348 g/mol. The van der Waals surface area contributed by atoms with Crippen molar-refractivity contribution in [2.75, 3.05) is 13.7 Å². The van der Waals surface area contributed by atoms with Crippen LogP contribution < -0.4 is 5.32 Å². The third kappa shape index (κ3) is 5.20. The van der Waals surface area contributed by atoms with Crippen LogP contribution in [0.2, 0.25) is 0 Å². The first-order chi connectivity index (χ1) is 12.0. The van der Waals surface area contributed by atoms with Gasteiger partial charge in [-0.05, 0) is 18.4 Å². The van der Waals surface area contributed by atoms with Crippen molar-refractivity contribution in [3.8, 4) is 0 Å². The maximum atomic E-state index is 12.3. The van der Waals surface area contributed by atoms with Crippen LogP contribution in [-0.4, -0.2) is 48.6 Å². The Morgan fingerprint density at radius 3 is 2.56 bits per heavy atom. The molecular weight excluding hydrogens is 324 g/mol. The average Bonchev–Trinajstić information content (AvgIpc) is 2.59. The van der Waals surface area contributed by atoms with Crippen LogP contribution in [0.4, 0.5) is 4.79 Å². The Kier molecular flexibility index (Phi) is 6.80. The van der Waals surface area contributed by atoms with Crippen molar-refractivity contribution in [1.29, 1.82) is 0 Å². The Morgan fingerprint density at radius 2 is 2.00 bits per heavy atom. The third-order valence-corrected chi connectivity index (χ3v) is 4.26. The van der Waals surface area contributed by atoms with Crippen LogP contribution in [0.3, 0.4) is 0 Å². The summed E-state index contributed by atoms with van der Waals surface area (Å²) in [5, 5.41) is 2.70. The molecule has 2 unspecified atom stereocenters. The summed E-state index contributed by atoms with van der Waals surface area (Å²) in [5.41, 5.74) is 0.892. The third-order valence-electron chi connectivity index (χ3n) is 4.26. The number of hydrogen-bond acceptors (Lipinski definition) is 5. The number of carbonyl (C=O) groups is 3. The van der Waals surface area contributed by atoms with Crippen molar-refractivity contribution >= 4 is 18.0 Å². The van der Waals surface area contributed by atoms with E-state index in [0.29, 0.717) is 19.4 Å². The van der Waals surface area contributed by atoms with Crippen molar-refractivity contribution in [1.82, 2.24) is 10.2 Å². The van der Waals surface area contributed by atoms with Gasteiger partial charge in [-0.2, -0.15) is 0 Å². The number of carbonyl (C=O) groups excluding carboxylic acids is 3. The standard InChI is InChI=1S/C18H24N2O5/c1-3-14(11-16(21)20-10-9-15(20)17(22)24-2)19-18(23)25-12-13-7-5-4-6-8-13/h4-8,14-15H,3,9-12H2,1-2H3,(H,19,23). The van der Waals surface area contributed by atoms with Crippen molar-refractivity contribution in [2.24, 2.45) is 0 Å². The van der Waals surface area contributed by atoms with E-state index in [1.165, 1.54) is 12.0 Å². The monoisotopic (exact) mass is 348 g/mol. The van der Waals surface area contributed by atoms with E-state index in [1.54, 1.807) is 0 Å². The number of ether oxygens (including phenoxy) is 2. The van der Waals surface area contributed by atoms with Gasteiger partial charge in [0.05, 0.1) is 7.11 Å². The van der Waals surface area contributed by atoms with Crippen molar-refractivity contribution in [3.63, 3.8) is 0 Å². The van der Waals surface area contributed by atoms with E-state index >= 15 is 0 Å². The number of amides is 2. The fraction of sp³-hybridized carbons (Fsp3) is 0.500. The topological polar surface area (TPSA) is 84.9 Å². The summed E-state index contributed by atoms with van der Waals surface area (Å²) in [6.45, 7) is 2.59. The van der Waals surface area contributed by atoms with Crippen molar-refractivity contribution in [3.05, 3.63) is 35.9 Å². The predicted molar refractivity (Wildman–Crippen MR) is 90.6 cm³/mol. The molecule has 1 N–H and O–H groups in total. The Hall–Kier alpha value is -2.57. The van der Waals surface area contributed by atoms with Gasteiger partial charge in [0.2, 0.25) is 5.91 Å². The summed E-state index contributed by atoms with van der Waals surface area (Å²) in [7, 11) is 1.31. The lowest BCUT2D eigenvalue weighted by Gasteiger charge is -2.39. The predicted octanol–water partition coefficient (Wildman–Crippen LogP) is 1.86. The number of nitrogens with zero attached hydrogens (tertiary/aromatic N) is 1. The Bertz CT molecular complexity index is 605. The smallest absolute Gasteiger partial charge is 0.407 e. The zero-order chi connectivity index (χ0) is 18.2. The number of rotatable bonds is 7. The molecule has 0 radical (unpaired) electrons. The van der Waals surface area contributed by atoms with Gasteiger partial charge in [-0.15, -0.1) is 0 Å². The van der Waals surface area contributed by atoms with E-state index in [9.17, 15) is 14.4 Å². The SMILES string of the molecule is CCC(CC(=O)N1CCC1C(=O)OC)NC(=O)OCc1ccccc1. The number of esters is 1. The zero-order valence-electron chi connectivity index (χ0n) is 14.6. The van der Waals surface area contributed by atoms with Gasteiger partial charge in [0.1, 0.15) is 12.6 Å². The normalized spacial score (nSPS) is 17.2. The molecule has 1 saturated heterocycles. The summed E-state index contributed by atoms with van der Waals surface area (Å²) < 4.78 is 9.85. The van der Waals surface area contributed by atoms with E-state index in [4.69, 9.17) is 4.74 Å². The number of methoxy groups -OCH3 is 1. The molecule has 2 rings (SSSR count). The molecule has 0 spiro atoms. The molecular formula is C18H24N2O5. The Morgan fingerprint density at radius 1 is 1.28 bits per heavy atom. The minimum Gasteiger partial charge on any atom is -0.467 e. The van der Waals surface area contributed by atoms with Gasteiger partial charge >= 0.3 is 12.1 Å². The van der Waals surface area contributed by atoms with Crippen LogP contribution in [0, 0.1) is 0 Å². The lowest BCUT2D eigenvalue weighted by Crippen LogP contribution is -2.56. The van der Waals surface area contributed by atoms with E-state index in [0.717, 1.165) is 5.56 Å². The number of hydrogen-bond donors (Lipinski definition) is 1. The van der Waals surface area contributed by atoms with Crippen LogP contribution in [0.1, 0.15) is 31.7 Å². The molecule has 25 heavy (non-hydrogen) atoms. The lowest BCUT2D eigenvalue weighted by molar-refractivity contribution is -0.159. The van der Waals surface area contributed by atoms with Crippen LogP contribution in [0.5, 0.6) is 0 Å². The lowest BCUT2D eigenvalue weighted by atomic mass is 10.0. The highest BCUT2D eigenvalue weighted by molar-refractivity contribution is 5.86. The summed E-state index contributed by atoms with van der Waals surface area (Å²) in [6.07, 6.45) is 0.770. The van der Waals surface area contributed by atoms with E-state index in [2.05, 4.69) is 10.1 Å². The number of nitrogens with one attached hydrogen (secondary N) is 1. The van der Waals surface area contributed by atoms with Crippen molar-refractivity contribution < 1.29 is 23.9 Å². The molecule has 1 aromatic rings. The molecule has 1 fully saturated rings. The van der Waals surface area contributed by atoms with E-state index in [1.807, 2.05) is 37.3 Å². The largest absolute Gasteiger partial charge is 0.467 e. The highest BCUT2D eigenvalue weighted by Gasteiger charge is 2.38. The first-order valence-corrected chi connectivity index (χ1v) is 8.39. The number of benzene rings is 1. The van der Waals surface area contributed by atoms with Crippen LogP contribution in [-0.2, 0) is 25.7 Å². The van der Waals surface area contributed by atoms with Gasteiger partial charge in [-0.25, -0.2) is 9.59 Å². The minimum atomic E-state index is -0.559. The zero-order valence-corrected chi connectivity index (χ0v) is 14.6. The molecule has 0 bridgehead atoms. The molecule has 7 heteroatoms.